The fourth-order valence-corrected chi connectivity index (χ4v) is 3.59. The maximum atomic E-state index is 12.6. The number of amides is 2. The van der Waals surface area contributed by atoms with E-state index < -0.39 is 17.8 Å². The average Bonchev–Trinajstić information content (AvgIpc) is 2.75. The van der Waals surface area contributed by atoms with E-state index in [9.17, 15) is 14.4 Å². The molecular formula is C23H26N2O4. The van der Waals surface area contributed by atoms with Gasteiger partial charge in [-0.1, -0.05) is 42.5 Å². The SMILES string of the molecule is CCOC(=O)c1ccccc1NC(=O)C(=O)N1CCC(Cc2ccccc2)CC1. The van der Waals surface area contributed by atoms with E-state index in [4.69, 9.17) is 4.74 Å². The number of benzene rings is 2. The first-order valence-corrected chi connectivity index (χ1v) is 9.98. The summed E-state index contributed by atoms with van der Waals surface area (Å²) >= 11 is 0. The first-order valence-electron chi connectivity index (χ1n) is 9.98. The van der Waals surface area contributed by atoms with Gasteiger partial charge in [-0.25, -0.2) is 4.79 Å². The highest BCUT2D eigenvalue weighted by atomic mass is 16.5. The molecule has 6 heteroatoms. The summed E-state index contributed by atoms with van der Waals surface area (Å²) in [6, 6.07) is 16.8. The fourth-order valence-electron chi connectivity index (χ4n) is 3.59. The van der Waals surface area contributed by atoms with Crippen molar-refractivity contribution in [2.24, 2.45) is 5.92 Å². The van der Waals surface area contributed by atoms with Crippen LogP contribution in [0.4, 0.5) is 5.69 Å². The smallest absolute Gasteiger partial charge is 0.340 e. The van der Waals surface area contributed by atoms with Crippen LogP contribution >= 0.6 is 0 Å². The molecule has 3 rings (SSSR count). The van der Waals surface area contributed by atoms with E-state index in [1.54, 1.807) is 36.1 Å². The molecule has 0 radical (unpaired) electrons. The number of hydrogen-bond donors (Lipinski definition) is 1. The van der Waals surface area contributed by atoms with Gasteiger partial charge in [-0.3, -0.25) is 9.59 Å². The summed E-state index contributed by atoms with van der Waals surface area (Å²) in [7, 11) is 0. The molecule has 29 heavy (non-hydrogen) atoms. The van der Waals surface area contributed by atoms with Crippen molar-refractivity contribution >= 4 is 23.5 Å². The first-order chi connectivity index (χ1) is 14.1. The first kappa shape index (κ1) is 20.6. The van der Waals surface area contributed by atoms with Gasteiger partial charge in [0.25, 0.3) is 0 Å². The van der Waals surface area contributed by atoms with E-state index in [2.05, 4.69) is 17.4 Å². The van der Waals surface area contributed by atoms with Crippen molar-refractivity contribution < 1.29 is 19.1 Å². The van der Waals surface area contributed by atoms with Gasteiger partial charge in [-0.05, 0) is 49.8 Å². The summed E-state index contributed by atoms with van der Waals surface area (Å²) in [5.41, 5.74) is 1.81. The van der Waals surface area contributed by atoms with Crippen LogP contribution in [0.1, 0.15) is 35.7 Å². The molecule has 1 saturated heterocycles. The third-order valence-corrected chi connectivity index (χ3v) is 5.13. The zero-order valence-corrected chi connectivity index (χ0v) is 16.6. The Bertz CT molecular complexity index is 858. The van der Waals surface area contributed by atoms with Gasteiger partial charge in [0.1, 0.15) is 0 Å². The van der Waals surface area contributed by atoms with E-state index in [-0.39, 0.29) is 17.9 Å². The molecular weight excluding hydrogens is 368 g/mol. The highest BCUT2D eigenvalue weighted by Gasteiger charge is 2.28. The number of esters is 1. The number of carbonyl (C=O) groups is 3. The Balaban J connectivity index is 1.55. The summed E-state index contributed by atoms with van der Waals surface area (Å²) < 4.78 is 5.00. The molecule has 0 saturated carbocycles. The Kier molecular flexibility index (Phi) is 7.00. The number of nitrogens with zero attached hydrogens (tertiary/aromatic N) is 1. The Hall–Kier alpha value is -3.15. The number of likely N-dealkylation sites (tertiary alicyclic amines) is 1. The van der Waals surface area contributed by atoms with Crippen LogP contribution in [0.5, 0.6) is 0 Å². The standard InChI is InChI=1S/C23H26N2O4/c1-2-29-23(28)19-10-6-7-11-20(19)24-21(26)22(27)25-14-12-18(13-15-25)16-17-8-4-3-5-9-17/h3-11,18H,2,12-16H2,1H3,(H,24,26). The summed E-state index contributed by atoms with van der Waals surface area (Å²) in [4.78, 5) is 38.7. The Morgan fingerprint density at radius 3 is 2.34 bits per heavy atom. The summed E-state index contributed by atoms with van der Waals surface area (Å²) in [5.74, 6) is -1.32. The van der Waals surface area contributed by atoms with Gasteiger partial charge in [-0.15, -0.1) is 0 Å². The van der Waals surface area contributed by atoms with Crippen LogP contribution < -0.4 is 5.32 Å². The third kappa shape index (κ3) is 5.44. The molecule has 0 spiro atoms. The van der Waals surface area contributed by atoms with Crippen molar-refractivity contribution in [2.45, 2.75) is 26.2 Å². The molecule has 0 bridgehead atoms. The zero-order chi connectivity index (χ0) is 20.6. The molecule has 152 valence electrons. The number of rotatable bonds is 5. The number of nitrogens with one attached hydrogen (secondary N) is 1. The number of para-hydroxylation sites is 1. The Labute approximate surface area is 170 Å². The average molecular weight is 394 g/mol. The van der Waals surface area contributed by atoms with Crippen molar-refractivity contribution in [1.82, 2.24) is 4.90 Å². The number of carbonyl (C=O) groups excluding carboxylic acids is 3. The Morgan fingerprint density at radius 2 is 1.66 bits per heavy atom. The summed E-state index contributed by atoms with van der Waals surface area (Å²) in [6.45, 7) is 3.06. The predicted molar refractivity (Wildman–Crippen MR) is 110 cm³/mol. The zero-order valence-electron chi connectivity index (χ0n) is 16.6. The quantitative estimate of drug-likeness (QED) is 0.624. The molecule has 0 unspecified atom stereocenters. The fraction of sp³-hybridized carbons (Fsp3) is 0.348. The van der Waals surface area contributed by atoms with Crippen LogP contribution in [0.15, 0.2) is 54.6 Å². The molecule has 1 aliphatic rings. The van der Waals surface area contributed by atoms with Crippen LogP contribution in [0, 0.1) is 5.92 Å². The highest BCUT2D eigenvalue weighted by molar-refractivity contribution is 6.39. The van der Waals surface area contributed by atoms with E-state index in [0.29, 0.717) is 19.0 Å². The summed E-state index contributed by atoms with van der Waals surface area (Å²) in [6.07, 6.45) is 2.72. The molecule has 1 fully saturated rings. The predicted octanol–water partition coefficient (Wildman–Crippen LogP) is 3.28. The van der Waals surface area contributed by atoms with E-state index in [0.717, 1.165) is 19.3 Å². The van der Waals surface area contributed by atoms with Crippen LogP contribution in [-0.4, -0.2) is 42.4 Å². The number of anilines is 1. The summed E-state index contributed by atoms with van der Waals surface area (Å²) in [5, 5.41) is 2.57. The van der Waals surface area contributed by atoms with Crippen LogP contribution in [0.2, 0.25) is 0 Å². The lowest BCUT2D eigenvalue weighted by Crippen LogP contribution is -2.44. The molecule has 1 N–H and O–H groups in total. The van der Waals surface area contributed by atoms with Crippen molar-refractivity contribution in [3.05, 3.63) is 65.7 Å². The van der Waals surface area contributed by atoms with Gasteiger partial charge in [0.05, 0.1) is 17.9 Å². The van der Waals surface area contributed by atoms with E-state index in [1.807, 2.05) is 18.2 Å². The Morgan fingerprint density at radius 1 is 1.00 bits per heavy atom. The van der Waals surface area contributed by atoms with Gasteiger partial charge in [0.2, 0.25) is 0 Å². The molecule has 0 aromatic heterocycles. The van der Waals surface area contributed by atoms with E-state index >= 15 is 0 Å². The number of ether oxygens (including phenoxy) is 1. The lowest BCUT2D eigenvalue weighted by molar-refractivity contribution is -0.144. The molecule has 1 heterocycles. The third-order valence-electron chi connectivity index (χ3n) is 5.13. The lowest BCUT2D eigenvalue weighted by atomic mass is 9.90. The molecule has 2 amide bonds. The van der Waals surface area contributed by atoms with Crippen LogP contribution in [0.3, 0.4) is 0 Å². The molecule has 6 nitrogen and oxygen atoms in total. The molecule has 1 aliphatic heterocycles. The van der Waals surface area contributed by atoms with Crippen molar-refractivity contribution in [3.8, 4) is 0 Å². The van der Waals surface area contributed by atoms with Gasteiger partial charge >= 0.3 is 17.8 Å². The molecule has 2 aromatic carbocycles. The van der Waals surface area contributed by atoms with Gasteiger partial charge in [0.15, 0.2) is 0 Å². The topological polar surface area (TPSA) is 75.7 Å². The van der Waals surface area contributed by atoms with Crippen molar-refractivity contribution in [2.75, 3.05) is 25.0 Å². The monoisotopic (exact) mass is 394 g/mol. The van der Waals surface area contributed by atoms with Crippen LogP contribution in [-0.2, 0) is 20.7 Å². The molecule has 0 aliphatic carbocycles. The lowest BCUT2D eigenvalue weighted by Gasteiger charge is -2.31. The molecule has 0 atom stereocenters. The number of hydrogen-bond acceptors (Lipinski definition) is 4. The van der Waals surface area contributed by atoms with Gasteiger partial charge in [-0.2, -0.15) is 0 Å². The van der Waals surface area contributed by atoms with E-state index in [1.165, 1.54) is 5.56 Å². The van der Waals surface area contributed by atoms with Gasteiger partial charge in [0, 0.05) is 13.1 Å². The second-order valence-electron chi connectivity index (χ2n) is 7.15. The second-order valence-corrected chi connectivity index (χ2v) is 7.15. The number of piperidine rings is 1. The van der Waals surface area contributed by atoms with Crippen molar-refractivity contribution in [1.29, 1.82) is 0 Å². The maximum Gasteiger partial charge on any atom is 0.340 e. The largest absolute Gasteiger partial charge is 0.462 e. The second kappa shape index (κ2) is 9.87. The minimum atomic E-state index is -0.733. The van der Waals surface area contributed by atoms with Gasteiger partial charge < -0.3 is 15.0 Å². The minimum Gasteiger partial charge on any atom is -0.462 e. The minimum absolute atomic E-state index is 0.233. The highest BCUT2D eigenvalue weighted by Crippen LogP contribution is 2.22. The van der Waals surface area contributed by atoms with Crippen LogP contribution in [0.25, 0.3) is 0 Å². The molecule has 2 aromatic rings. The van der Waals surface area contributed by atoms with Crippen molar-refractivity contribution in [3.63, 3.8) is 0 Å². The normalized spacial score (nSPS) is 14.3. The maximum absolute atomic E-state index is 12.6.